The molecule has 0 radical (unpaired) electrons. The molecule has 0 saturated carbocycles. The highest BCUT2D eigenvalue weighted by atomic mass is 16.5. The van der Waals surface area contributed by atoms with E-state index in [2.05, 4.69) is 10.2 Å². The lowest BCUT2D eigenvalue weighted by molar-refractivity contribution is -0.122. The Bertz CT molecular complexity index is 784. The van der Waals surface area contributed by atoms with E-state index in [1.165, 1.54) is 4.90 Å². The summed E-state index contributed by atoms with van der Waals surface area (Å²) in [6.07, 6.45) is 0. The third-order valence-corrected chi connectivity index (χ3v) is 4.82. The first kappa shape index (κ1) is 20.1. The second-order valence-corrected chi connectivity index (χ2v) is 6.94. The van der Waals surface area contributed by atoms with Crippen LogP contribution in [0.5, 0.6) is 0 Å². The van der Waals surface area contributed by atoms with Crippen LogP contribution in [0.4, 0.5) is 0 Å². The van der Waals surface area contributed by atoms with Crippen LogP contribution in [0.3, 0.4) is 0 Å². The molecule has 1 aromatic carbocycles. The van der Waals surface area contributed by atoms with E-state index in [1.807, 2.05) is 25.1 Å². The van der Waals surface area contributed by atoms with Crippen LogP contribution < -0.4 is 5.32 Å². The molecule has 1 N–H and O–H groups in total. The molecule has 1 fully saturated rings. The molecule has 1 saturated heterocycles. The molecule has 0 spiro atoms. The van der Waals surface area contributed by atoms with Crippen LogP contribution in [0, 0.1) is 6.92 Å². The molecule has 1 unspecified atom stereocenters. The molecule has 0 aliphatic carbocycles. The zero-order valence-corrected chi connectivity index (χ0v) is 16.4. The zero-order chi connectivity index (χ0) is 19.9. The molecule has 2 amide bonds. The van der Waals surface area contributed by atoms with Crippen LogP contribution >= 0.6 is 0 Å². The van der Waals surface area contributed by atoms with Gasteiger partial charge in [-0.1, -0.05) is 18.2 Å². The number of amides is 2. The Labute approximate surface area is 165 Å². The quantitative estimate of drug-likeness (QED) is 0.787. The molecule has 1 atom stereocenters. The molecule has 1 aliphatic rings. The van der Waals surface area contributed by atoms with Gasteiger partial charge in [-0.15, -0.1) is 0 Å². The fraction of sp³-hybridized carbons (Fsp3) is 0.429. The van der Waals surface area contributed by atoms with Gasteiger partial charge in [0.05, 0.1) is 25.8 Å². The Morgan fingerprint density at radius 2 is 1.86 bits per heavy atom. The van der Waals surface area contributed by atoms with Gasteiger partial charge < -0.3 is 19.4 Å². The fourth-order valence-corrected chi connectivity index (χ4v) is 3.29. The lowest BCUT2D eigenvalue weighted by atomic mass is 10.1. The molecule has 1 aliphatic heterocycles. The molecule has 2 aromatic rings. The average Bonchev–Trinajstić information content (AvgIpc) is 3.15. The Morgan fingerprint density at radius 3 is 2.50 bits per heavy atom. The lowest BCUT2D eigenvalue weighted by Gasteiger charge is -2.33. The van der Waals surface area contributed by atoms with E-state index < -0.39 is 0 Å². The number of likely N-dealkylation sites (N-methyl/N-ethyl adjacent to an activating group) is 1. The first-order valence-corrected chi connectivity index (χ1v) is 9.50. The van der Waals surface area contributed by atoms with Gasteiger partial charge in [0, 0.05) is 32.2 Å². The number of furan rings is 1. The van der Waals surface area contributed by atoms with E-state index in [-0.39, 0.29) is 24.4 Å². The maximum atomic E-state index is 12.4. The van der Waals surface area contributed by atoms with Gasteiger partial charge in [-0.25, -0.2) is 0 Å². The van der Waals surface area contributed by atoms with Crippen molar-refractivity contribution >= 4 is 11.8 Å². The second kappa shape index (κ2) is 9.52. The van der Waals surface area contributed by atoms with E-state index in [9.17, 15) is 9.59 Å². The van der Waals surface area contributed by atoms with Crippen LogP contribution in [0.2, 0.25) is 0 Å². The molecule has 7 nitrogen and oxygen atoms in total. The number of carbonyl (C=O) groups is 2. The van der Waals surface area contributed by atoms with Crippen molar-refractivity contribution in [3.05, 3.63) is 59.5 Å². The number of nitrogens with one attached hydrogen (secondary N) is 1. The average molecular weight is 385 g/mol. The number of hydrogen-bond donors (Lipinski definition) is 1. The minimum atomic E-state index is -0.201. The Kier molecular flexibility index (Phi) is 6.84. The molecule has 2 heterocycles. The number of aryl methyl sites for hydroxylation is 1. The molecule has 1 aromatic heterocycles. The van der Waals surface area contributed by atoms with E-state index in [1.54, 1.807) is 31.3 Å². The van der Waals surface area contributed by atoms with Gasteiger partial charge in [0.25, 0.3) is 5.91 Å². The Balaban J connectivity index is 1.57. The van der Waals surface area contributed by atoms with Crippen molar-refractivity contribution in [2.45, 2.75) is 13.0 Å². The van der Waals surface area contributed by atoms with Crippen LogP contribution in [-0.4, -0.2) is 68.1 Å². The largest absolute Gasteiger partial charge is 0.465 e. The van der Waals surface area contributed by atoms with Crippen LogP contribution in [-0.2, 0) is 9.53 Å². The number of ether oxygens (including phenoxy) is 1. The SMILES string of the molecule is Cc1ccc(C(CNC(=O)CN(C)C(=O)c2ccccc2)N2CCOCC2)o1. The molecular weight excluding hydrogens is 358 g/mol. The van der Waals surface area contributed by atoms with Crippen molar-refractivity contribution in [2.24, 2.45) is 0 Å². The first-order chi connectivity index (χ1) is 13.5. The summed E-state index contributed by atoms with van der Waals surface area (Å²) < 4.78 is 11.2. The van der Waals surface area contributed by atoms with Crippen LogP contribution in [0.15, 0.2) is 46.9 Å². The summed E-state index contributed by atoms with van der Waals surface area (Å²) in [5, 5.41) is 2.95. The number of morpholine rings is 1. The maximum absolute atomic E-state index is 12.4. The Morgan fingerprint density at radius 1 is 1.14 bits per heavy atom. The van der Waals surface area contributed by atoms with E-state index in [0.29, 0.717) is 25.3 Å². The van der Waals surface area contributed by atoms with Gasteiger partial charge in [0.1, 0.15) is 11.5 Å². The van der Waals surface area contributed by atoms with Crippen molar-refractivity contribution in [2.75, 3.05) is 46.4 Å². The van der Waals surface area contributed by atoms with Gasteiger partial charge in [0.2, 0.25) is 5.91 Å². The number of hydrogen-bond acceptors (Lipinski definition) is 5. The van der Waals surface area contributed by atoms with Crippen molar-refractivity contribution < 1.29 is 18.7 Å². The number of rotatable bonds is 7. The summed E-state index contributed by atoms with van der Waals surface area (Å²) in [4.78, 5) is 28.5. The summed E-state index contributed by atoms with van der Waals surface area (Å²) in [5.41, 5.74) is 0.565. The predicted octanol–water partition coefficient (Wildman–Crippen LogP) is 1.85. The molecule has 28 heavy (non-hydrogen) atoms. The summed E-state index contributed by atoms with van der Waals surface area (Å²) in [7, 11) is 1.63. The van der Waals surface area contributed by atoms with Crippen molar-refractivity contribution in [3.8, 4) is 0 Å². The van der Waals surface area contributed by atoms with Crippen molar-refractivity contribution in [1.82, 2.24) is 15.1 Å². The normalized spacial score (nSPS) is 15.8. The standard InChI is InChI=1S/C21H27N3O4/c1-16-8-9-19(28-16)18(24-10-12-27-13-11-24)14-22-20(25)15-23(2)21(26)17-6-4-3-5-7-17/h3-9,18H,10-15H2,1-2H3,(H,22,25). The number of nitrogens with zero attached hydrogens (tertiary/aromatic N) is 2. The topological polar surface area (TPSA) is 75.0 Å². The molecule has 150 valence electrons. The van der Waals surface area contributed by atoms with E-state index in [0.717, 1.165) is 24.6 Å². The summed E-state index contributed by atoms with van der Waals surface area (Å²) in [6, 6.07) is 12.8. The molecular formula is C21H27N3O4. The van der Waals surface area contributed by atoms with Crippen molar-refractivity contribution in [1.29, 1.82) is 0 Å². The van der Waals surface area contributed by atoms with Gasteiger partial charge >= 0.3 is 0 Å². The lowest BCUT2D eigenvalue weighted by Crippen LogP contribution is -2.45. The molecule has 3 rings (SSSR count). The number of carbonyl (C=O) groups excluding carboxylic acids is 2. The highest BCUT2D eigenvalue weighted by Gasteiger charge is 2.26. The van der Waals surface area contributed by atoms with Gasteiger partial charge in [-0.3, -0.25) is 14.5 Å². The van der Waals surface area contributed by atoms with Gasteiger partial charge in [-0.05, 0) is 31.2 Å². The van der Waals surface area contributed by atoms with E-state index in [4.69, 9.17) is 9.15 Å². The minimum absolute atomic E-state index is 0.000735. The highest BCUT2D eigenvalue weighted by molar-refractivity contribution is 5.96. The second-order valence-electron chi connectivity index (χ2n) is 6.94. The summed E-state index contributed by atoms with van der Waals surface area (Å²) >= 11 is 0. The van der Waals surface area contributed by atoms with Crippen LogP contribution in [0.25, 0.3) is 0 Å². The minimum Gasteiger partial charge on any atom is -0.465 e. The summed E-state index contributed by atoms with van der Waals surface area (Å²) in [6.45, 7) is 5.22. The predicted molar refractivity (Wildman–Crippen MR) is 105 cm³/mol. The molecule has 0 bridgehead atoms. The number of benzene rings is 1. The third-order valence-electron chi connectivity index (χ3n) is 4.82. The summed E-state index contributed by atoms with van der Waals surface area (Å²) in [5.74, 6) is 1.29. The Hall–Kier alpha value is -2.64. The van der Waals surface area contributed by atoms with Crippen LogP contribution in [0.1, 0.15) is 27.9 Å². The maximum Gasteiger partial charge on any atom is 0.254 e. The van der Waals surface area contributed by atoms with Gasteiger partial charge in [-0.2, -0.15) is 0 Å². The highest BCUT2D eigenvalue weighted by Crippen LogP contribution is 2.23. The fourth-order valence-electron chi connectivity index (χ4n) is 3.29. The van der Waals surface area contributed by atoms with Gasteiger partial charge in [0.15, 0.2) is 0 Å². The zero-order valence-electron chi connectivity index (χ0n) is 16.4. The van der Waals surface area contributed by atoms with E-state index >= 15 is 0 Å². The molecule has 7 heteroatoms. The smallest absolute Gasteiger partial charge is 0.254 e. The third kappa shape index (κ3) is 5.21. The monoisotopic (exact) mass is 385 g/mol. The van der Waals surface area contributed by atoms with Crippen molar-refractivity contribution in [3.63, 3.8) is 0 Å². The first-order valence-electron chi connectivity index (χ1n) is 9.50.